The minimum Gasteiger partial charge on any atom is -0.310 e. The van der Waals surface area contributed by atoms with Gasteiger partial charge in [0, 0.05) is 46.0 Å². The molecule has 4 aliphatic rings. The number of pyridine rings is 1. The highest BCUT2D eigenvalue weighted by Gasteiger charge is 2.45. The number of guanidine groups is 1. The quantitative estimate of drug-likeness (QED) is 0.267. The van der Waals surface area contributed by atoms with Gasteiger partial charge in [0.25, 0.3) is 0 Å². The molecule has 8 rings (SSSR count). The van der Waals surface area contributed by atoms with E-state index in [-0.39, 0.29) is 11.6 Å². The molecule has 0 saturated heterocycles. The Kier molecular flexibility index (Phi) is 6.11. The minimum absolute atomic E-state index is 0.137. The van der Waals surface area contributed by atoms with E-state index in [0.717, 1.165) is 47.0 Å². The average molecular weight is 564 g/mol. The molecule has 1 saturated carbocycles. The summed E-state index contributed by atoms with van der Waals surface area (Å²) in [5.74, 6) is 2.84. The second-order valence-corrected chi connectivity index (χ2v) is 13.0. The van der Waals surface area contributed by atoms with Crippen molar-refractivity contribution in [3.63, 3.8) is 0 Å². The molecule has 5 heteroatoms. The molecule has 3 heterocycles. The molecule has 3 atom stereocenters. The van der Waals surface area contributed by atoms with Gasteiger partial charge < -0.3 is 5.32 Å². The molecule has 2 aliphatic heterocycles. The molecule has 4 aromatic rings. The number of amidine groups is 1. The summed E-state index contributed by atoms with van der Waals surface area (Å²) in [7, 11) is 0. The van der Waals surface area contributed by atoms with Gasteiger partial charge in [-0.25, -0.2) is 9.98 Å². The van der Waals surface area contributed by atoms with Gasteiger partial charge in [-0.2, -0.15) is 0 Å². The Morgan fingerprint density at radius 2 is 1.56 bits per heavy atom. The van der Waals surface area contributed by atoms with Crippen LogP contribution in [0.25, 0.3) is 22.4 Å². The number of para-hydroxylation sites is 1. The average Bonchev–Trinajstić information content (AvgIpc) is 3.19. The van der Waals surface area contributed by atoms with Gasteiger partial charge in [0.05, 0.1) is 11.4 Å². The summed E-state index contributed by atoms with van der Waals surface area (Å²) in [6.07, 6.45) is 8.67. The van der Waals surface area contributed by atoms with Crippen molar-refractivity contribution in [2.24, 2.45) is 21.8 Å². The maximum absolute atomic E-state index is 5.52. The van der Waals surface area contributed by atoms with Gasteiger partial charge in [-0.05, 0) is 47.6 Å². The zero-order valence-electron chi connectivity index (χ0n) is 25.1. The molecule has 2 aliphatic carbocycles. The van der Waals surface area contributed by atoms with Crippen molar-refractivity contribution in [2.75, 3.05) is 4.90 Å². The Morgan fingerprint density at radius 1 is 0.791 bits per heavy atom. The van der Waals surface area contributed by atoms with Crippen LogP contribution in [0.2, 0.25) is 0 Å². The maximum Gasteiger partial charge on any atom is 0.211 e. The Balaban J connectivity index is 1.39. The Hall–Kier alpha value is -4.51. The molecule has 1 N–H and O–H groups in total. The second-order valence-electron chi connectivity index (χ2n) is 13.0. The van der Waals surface area contributed by atoms with E-state index in [4.69, 9.17) is 9.98 Å². The largest absolute Gasteiger partial charge is 0.310 e. The molecule has 0 spiro atoms. The second kappa shape index (κ2) is 10.0. The van der Waals surface area contributed by atoms with Crippen LogP contribution in [0.3, 0.4) is 0 Å². The molecular weight excluding hydrogens is 526 g/mol. The van der Waals surface area contributed by atoms with E-state index in [0.29, 0.717) is 11.8 Å². The van der Waals surface area contributed by atoms with Gasteiger partial charge in [-0.15, -0.1) is 0 Å². The summed E-state index contributed by atoms with van der Waals surface area (Å²) in [6.45, 7) is 7.09. The third-order valence-electron chi connectivity index (χ3n) is 9.87. The van der Waals surface area contributed by atoms with Crippen molar-refractivity contribution in [3.8, 4) is 11.1 Å². The van der Waals surface area contributed by atoms with Gasteiger partial charge in [-0.3, -0.25) is 9.88 Å². The maximum atomic E-state index is 5.52. The number of rotatable bonds is 2. The first-order chi connectivity index (χ1) is 21.0. The first-order valence-electron chi connectivity index (χ1n) is 15.7. The van der Waals surface area contributed by atoms with Crippen molar-refractivity contribution in [3.05, 3.63) is 120 Å². The summed E-state index contributed by atoms with van der Waals surface area (Å²) < 4.78 is 0. The molecule has 3 unspecified atom stereocenters. The van der Waals surface area contributed by atoms with E-state index in [1.165, 1.54) is 40.8 Å². The third-order valence-corrected chi connectivity index (χ3v) is 9.87. The molecular formula is C38H37N5. The van der Waals surface area contributed by atoms with Gasteiger partial charge in [0.1, 0.15) is 12.0 Å². The fraction of sp³-hybridized carbons (Fsp3) is 0.289. The van der Waals surface area contributed by atoms with Gasteiger partial charge in [-0.1, -0.05) is 106 Å². The van der Waals surface area contributed by atoms with Crippen LogP contribution in [0.5, 0.6) is 0 Å². The van der Waals surface area contributed by atoms with E-state index >= 15 is 0 Å². The van der Waals surface area contributed by atoms with Crippen molar-refractivity contribution in [1.82, 2.24) is 10.3 Å². The summed E-state index contributed by atoms with van der Waals surface area (Å²) in [4.78, 5) is 17.8. The molecule has 214 valence electrons. The SMILES string of the molecule is CC1CCCC(C2N=C(c3ccccc3)NC(N3C4=C(c5ccncc5-c5ccccc53)C(C)(C)c3ccccc34)=N2)C1. The van der Waals surface area contributed by atoms with Crippen LogP contribution >= 0.6 is 0 Å². The molecule has 3 aromatic carbocycles. The summed E-state index contributed by atoms with van der Waals surface area (Å²) in [5.41, 5.74) is 10.6. The molecule has 1 fully saturated rings. The van der Waals surface area contributed by atoms with Gasteiger partial charge >= 0.3 is 0 Å². The lowest BCUT2D eigenvalue weighted by Gasteiger charge is -2.36. The number of anilines is 1. The number of hydrogen-bond donors (Lipinski definition) is 1. The monoisotopic (exact) mass is 563 g/mol. The predicted molar refractivity (Wildman–Crippen MR) is 177 cm³/mol. The standard InChI is InChI=1S/C38H37N5/c1-24-12-11-15-26(22-24)36-40-35(25-13-5-4-6-14-25)41-37(42-36)43-32-19-10-8-16-27(32)30-23-39-21-20-28(30)33-34(43)29-17-7-9-18-31(29)38(33,2)3/h4-10,13-14,16-21,23-24,26,36H,11-12,15,22H2,1-3H3,(H,40,41,42). The van der Waals surface area contributed by atoms with Crippen LogP contribution in [-0.2, 0) is 5.41 Å². The lowest BCUT2D eigenvalue weighted by Crippen LogP contribution is -2.48. The Morgan fingerprint density at radius 3 is 2.40 bits per heavy atom. The highest BCUT2D eigenvalue weighted by atomic mass is 15.4. The van der Waals surface area contributed by atoms with Crippen LogP contribution in [0, 0.1) is 11.8 Å². The van der Waals surface area contributed by atoms with Crippen LogP contribution in [0.15, 0.2) is 107 Å². The Bertz CT molecular complexity index is 1820. The molecule has 0 bridgehead atoms. The first kappa shape index (κ1) is 26.1. The summed E-state index contributed by atoms with van der Waals surface area (Å²) >= 11 is 0. The summed E-state index contributed by atoms with van der Waals surface area (Å²) in [5, 5.41) is 3.76. The zero-order chi connectivity index (χ0) is 29.1. The predicted octanol–water partition coefficient (Wildman–Crippen LogP) is 8.29. The smallest absolute Gasteiger partial charge is 0.211 e. The highest BCUT2D eigenvalue weighted by molar-refractivity contribution is 6.25. The van der Waals surface area contributed by atoms with Crippen molar-refractivity contribution < 1.29 is 0 Å². The van der Waals surface area contributed by atoms with Crippen LogP contribution in [-0.4, -0.2) is 22.9 Å². The number of nitrogens with one attached hydrogen (secondary N) is 1. The number of hydrogen-bond acceptors (Lipinski definition) is 5. The minimum atomic E-state index is -0.216. The fourth-order valence-corrected chi connectivity index (χ4v) is 7.84. The number of benzene rings is 3. The molecule has 0 amide bonds. The lowest BCUT2D eigenvalue weighted by atomic mass is 9.77. The summed E-state index contributed by atoms with van der Waals surface area (Å²) in [6, 6.07) is 30.3. The van der Waals surface area contributed by atoms with E-state index in [2.05, 4.69) is 121 Å². The highest BCUT2D eigenvalue weighted by Crippen LogP contribution is 2.57. The van der Waals surface area contributed by atoms with Crippen molar-refractivity contribution in [1.29, 1.82) is 0 Å². The number of fused-ring (bicyclic) bond motifs is 6. The van der Waals surface area contributed by atoms with Gasteiger partial charge in [0.15, 0.2) is 0 Å². The van der Waals surface area contributed by atoms with Crippen LogP contribution in [0.4, 0.5) is 5.69 Å². The van der Waals surface area contributed by atoms with Gasteiger partial charge in [0.2, 0.25) is 5.96 Å². The third kappa shape index (κ3) is 4.16. The van der Waals surface area contributed by atoms with Crippen molar-refractivity contribution >= 4 is 28.8 Å². The Labute approximate surface area is 254 Å². The van der Waals surface area contributed by atoms with E-state index in [1.807, 2.05) is 12.4 Å². The molecule has 43 heavy (non-hydrogen) atoms. The molecule has 5 nitrogen and oxygen atoms in total. The molecule has 0 radical (unpaired) electrons. The first-order valence-corrected chi connectivity index (χ1v) is 15.7. The molecule has 1 aromatic heterocycles. The topological polar surface area (TPSA) is 52.9 Å². The number of nitrogens with zero attached hydrogens (tertiary/aromatic N) is 4. The van der Waals surface area contributed by atoms with Crippen LogP contribution < -0.4 is 10.2 Å². The van der Waals surface area contributed by atoms with E-state index in [1.54, 1.807) is 0 Å². The number of aliphatic imine (C=N–C) groups is 2. The van der Waals surface area contributed by atoms with Crippen LogP contribution in [0.1, 0.15) is 68.7 Å². The van der Waals surface area contributed by atoms with E-state index in [9.17, 15) is 0 Å². The zero-order valence-corrected chi connectivity index (χ0v) is 25.1. The number of aromatic nitrogens is 1. The van der Waals surface area contributed by atoms with Crippen molar-refractivity contribution in [2.45, 2.75) is 58.0 Å². The van der Waals surface area contributed by atoms with E-state index < -0.39 is 0 Å². The number of allylic oxidation sites excluding steroid dienone is 1. The lowest BCUT2D eigenvalue weighted by molar-refractivity contribution is 0.250. The normalized spacial score (nSPS) is 23.6. The fourth-order valence-electron chi connectivity index (χ4n) is 7.84.